The van der Waals surface area contributed by atoms with E-state index >= 15 is 0 Å². The van der Waals surface area contributed by atoms with Gasteiger partial charge in [-0.05, 0) is 6.42 Å². The minimum Gasteiger partial charge on any atom is -0.385 e. The average Bonchev–Trinajstić information content (AvgIpc) is 2.30. The molecule has 0 fully saturated rings. The number of nitrogens with one attached hydrogen (secondary N) is 3. The third kappa shape index (κ3) is 1.68. The third-order valence-corrected chi connectivity index (χ3v) is 2.48. The van der Waals surface area contributed by atoms with E-state index in [2.05, 4.69) is 16.0 Å². The zero-order valence-corrected chi connectivity index (χ0v) is 9.89. The maximum atomic E-state index is 12.0. The monoisotopic (exact) mass is 222 g/mol. The van der Waals surface area contributed by atoms with E-state index in [1.165, 1.54) is 0 Å². The van der Waals surface area contributed by atoms with E-state index < -0.39 is 0 Å². The SMILES string of the molecule is C[CH]C1=C(NC)C(=O)C(NC)=C(NC)C1=O. The average molecular weight is 222 g/mol. The van der Waals surface area contributed by atoms with Crippen molar-refractivity contribution in [3.8, 4) is 0 Å². The lowest BCUT2D eigenvalue weighted by atomic mass is 9.93. The highest BCUT2D eigenvalue weighted by Crippen LogP contribution is 2.21. The number of hydrogen-bond donors (Lipinski definition) is 3. The van der Waals surface area contributed by atoms with Gasteiger partial charge >= 0.3 is 0 Å². The first kappa shape index (κ1) is 12.3. The molecule has 0 amide bonds. The predicted molar refractivity (Wildman–Crippen MR) is 61.2 cm³/mol. The fourth-order valence-electron chi connectivity index (χ4n) is 1.72. The molecule has 87 valence electrons. The van der Waals surface area contributed by atoms with E-state index in [4.69, 9.17) is 0 Å². The molecular weight excluding hydrogens is 206 g/mol. The van der Waals surface area contributed by atoms with Crippen LogP contribution in [0, 0.1) is 6.42 Å². The minimum absolute atomic E-state index is 0.182. The summed E-state index contributed by atoms with van der Waals surface area (Å²) >= 11 is 0. The number of rotatable bonds is 4. The summed E-state index contributed by atoms with van der Waals surface area (Å²) in [5, 5.41) is 8.28. The van der Waals surface area contributed by atoms with Gasteiger partial charge < -0.3 is 16.0 Å². The summed E-state index contributed by atoms with van der Waals surface area (Å²) in [4.78, 5) is 24.0. The normalized spacial score (nSPS) is 16.8. The molecule has 0 spiro atoms. The smallest absolute Gasteiger partial charge is 0.227 e. The van der Waals surface area contributed by atoms with Crippen molar-refractivity contribution in [3.05, 3.63) is 29.1 Å². The van der Waals surface area contributed by atoms with Crippen LogP contribution in [0.2, 0.25) is 0 Å². The molecule has 0 bridgehead atoms. The molecule has 0 aromatic carbocycles. The molecule has 1 aliphatic carbocycles. The molecule has 5 nitrogen and oxygen atoms in total. The highest BCUT2D eigenvalue weighted by Gasteiger charge is 2.32. The number of likely N-dealkylation sites (N-methyl/N-ethyl adjacent to an activating group) is 3. The van der Waals surface area contributed by atoms with Gasteiger partial charge in [0.05, 0.1) is 5.70 Å². The zero-order chi connectivity index (χ0) is 12.3. The molecule has 0 saturated heterocycles. The standard InChI is InChI=1S/C11H16N3O2/c1-5-6-7(12-2)11(16)9(14-4)8(13-3)10(6)15/h5,12-14H,1-4H3. The molecule has 0 aliphatic heterocycles. The third-order valence-electron chi connectivity index (χ3n) is 2.48. The van der Waals surface area contributed by atoms with Crippen LogP contribution in [0.3, 0.4) is 0 Å². The van der Waals surface area contributed by atoms with Crippen LogP contribution in [0.15, 0.2) is 22.7 Å². The van der Waals surface area contributed by atoms with E-state index in [0.29, 0.717) is 22.7 Å². The van der Waals surface area contributed by atoms with Crippen LogP contribution in [-0.4, -0.2) is 32.7 Å². The molecule has 1 rings (SSSR count). The van der Waals surface area contributed by atoms with Crippen molar-refractivity contribution in [2.45, 2.75) is 6.92 Å². The molecule has 0 saturated carbocycles. The lowest BCUT2D eigenvalue weighted by Gasteiger charge is -2.22. The molecule has 0 aromatic heterocycles. The van der Waals surface area contributed by atoms with Gasteiger partial charge in [0.1, 0.15) is 11.4 Å². The molecule has 0 heterocycles. The molecule has 16 heavy (non-hydrogen) atoms. The second kappa shape index (κ2) is 4.83. The van der Waals surface area contributed by atoms with Crippen LogP contribution >= 0.6 is 0 Å². The fourth-order valence-corrected chi connectivity index (χ4v) is 1.72. The maximum Gasteiger partial charge on any atom is 0.227 e. The van der Waals surface area contributed by atoms with Gasteiger partial charge in [-0.25, -0.2) is 0 Å². The summed E-state index contributed by atoms with van der Waals surface area (Å²) in [5.41, 5.74) is 1.33. The Labute approximate surface area is 95.0 Å². The van der Waals surface area contributed by atoms with Crippen LogP contribution < -0.4 is 16.0 Å². The molecule has 0 atom stereocenters. The second-order valence-electron chi connectivity index (χ2n) is 3.24. The first-order valence-corrected chi connectivity index (χ1v) is 5.02. The van der Waals surface area contributed by atoms with Crippen molar-refractivity contribution < 1.29 is 9.59 Å². The van der Waals surface area contributed by atoms with Gasteiger partial charge in [-0.1, -0.05) is 6.92 Å². The molecule has 3 N–H and O–H groups in total. The number of allylic oxidation sites excluding steroid dienone is 1. The quantitative estimate of drug-likeness (QED) is 0.559. The molecule has 5 heteroatoms. The largest absolute Gasteiger partial charge is 0.385 e. The summed E-state index contributed by atoms with van der Waals surface area (Å²) in [6.07, 6.45) is 1.63. The molecule has 1 aliphatic rings. The summed E-state index contributed by atoms with van der Waals surface area (Å²) in [7, 11) is 4.86. The van der Waals surface area contributed by atoms with Gasteiger partial charge in [0.25, 0.3) is 0 Å². The van der Waals surface area contributed by atoms with Crippen molar-refractivity contribution in [2.75, 3.05) is 21.1 Å². The maximum absolute atomic E-state index is 12.0. The molecule has 0 unspecified atom stereocenters. The molecule has 0 aromatic rings. The Morgan fingerprint density at radius 3 is 1.62 bits per heavy atom. The van der Waals surface area contributed by atoms with Crippen LogP contribution in [-0.2, 0) is 9.59 Å². The van der Waals surface area contributed by atoms with Gasteiger partial charge in [0.15, 0.2) is 0 Å². The lowest BCUT2D eigenvalue weighted by Crippen LogP contribution is -2.37. The van der Waals surface area contributed by atoms with Crippen LogP contribution in [0.1, 0.15) is 6.92 Å². The van der Waals surface area contributed by atoms with Crippen molar-refractivity contribution >= 4 is 11.6 Å². The van der Waals surface area contributed by atoms with Crippen molar-refractivity contribution in [3.63, 3.8) is 0 Å². The Morgan fingerprint density at radius 2 is 1.25 bits per heavy atom. The Balaban J connectivity index is 3.35. The van der Waals surface area contributed by atoms with Crippen molar-refractivity contribution in [1.82, 2.24) is 16.0 Å². The van der Waals surface area contributed by atoms with E-state index in [1.54, 1.807) is 34.5 Å². The van der Waals surface area contributed by atoms with Crippen LogP contribution in [0.25, 0.3) is 0 Å². The highest BCUT2D eigenvalue weighted by molar-refractivity contribution is 6.25. The Morgan fingerprint density at radius 1 is 0.812 bits per heavy atom. The minimum atomic E-state index is -0.206. The number of carbonyl (C=O) groups is 2. The first-order chi connectivity index (χ1) is 7.62. The number of Topliss-reactive ketones (excluding diaryl/α,β-unsaturated/α-hetero) is 2. The van der Waals surface area contributed by atoms with Gasteiger partial charge in [-0.15, -0.1) is 0 Å². The topological polar surface area (TPSA) is 70.2 Å². The second-order valence-corrected chi connectivity index (χ2v) is 3.24. The van der Waals surface area contributed by atoms with E-state index in [0.717, 1.165) is 0 Å². The molecule has 1 radical (unpaired) electrons. The summed E-state index contributed by atoms with van der Waals surface area (Å²) in [6, 6.07) is 0. The summed E-state index contributed by atoms with van der Waals surface area (Å²) in [5.74, 6) is -0.389. The van der Waals surface area contributed by atoms with E-state index in [1.807, 2.05) is 0 Å². The van der Waals surface area contributed by atoms with Gasteiger partial charge in [0.2, 0.25) is 11.6 Å². The van der Waals surface area contributed by atoms with Crippen LogP contribution in [0.5, 0.6) is 0 Å². The number of hydrogen-bond acceptors (Lipinski definition) is 5. The van der Waals surface area contributed by atoms with E-state index in [-0.39, 0.29) is 11.6 Å². The molecular formula is C11H16N3O2. The summed E-state index contributed by atoms with van der Waals surface area (Å²) < 4.78 is 0. The Hall–Kier alpha value is -1.78. The van der Waals surface area contributed by atoms with Crippen molar-refractivity contribution in [2.24, 2.45) is 0 Å². The van der Waals surface area contributed by atoms with E-state index in [9.17, 15) is 9.59 Å². The first-order valence-electron chi connectivity index (χ1n) is 5.02. The van der Waals surface area contributed by atoms with Crippen molar-refractivity contribution in [1.29, 1.82) is 0 Å². The highest BCUT2D eigenvalue weighted by atomic mass is 16.1. The van der Waals surface area contributed by atoms with Gasteiger partial charge in [-0.3, -0.25) is 9.59 Å². The van der Waals surface area contributed by atoms with Gasteiger partial charge in [0, 0.05) is 26.7 Å². The lowest BCUT2D eigenvalue weighted by molar-refractivity contribution is -0.117. The van der Waals surface area contributed by atoms with Crippen LogP contribution in [0.4, 0.5) is 0 Å². The predicted octanol–water partition coefficient (Wildman–Crippen LogP) is -0.514. The summed E-state index contributed by atoms with van der Waals surface area (Å²) in [6.45, 7) is 1.73. The van der Waals surface area contributed by atoms with Gasteiger partial charge in [-0.2, -0.15) is 0 Å². The number of ketones is 2. The Bertz CT molecular complexity index is 324. The zero-order valence-electron chi connectivity index (χ0n) is 9.89. The Kier molecular flexibility index (Phi) is 3.71. The number of carbonyl (C=O) groups excluding carboxylic acids is 2. The fraction of sp³-hybridized carbons (Fsp3) is 0.364.